The van der Waals surface area contributed by atoms with Crippen molar-refractivity contribution in [3.63, 3.8) is 0 Å². The van der Waals surface area contributed by atoms with Crippen molar-refractivity contribution < 1.29 is 38.7 Å². The SMILES string of the molecule is N=C(N)NCCCC(NC(=O)[C@H](CCCNC(=N)N)NC(=O)C(N)CSSCC(N)C(=O)O)C(=O)N[C@@H](CCCNC(=N)N)C(=O)NC(CCCNC(=N)N)C(=O)N[C@@H](CCCNC(=N)N)C(N)=O. The molecule has 33 heteroatoms. The number of carbonyl (C=O) groups excluding carboxylic acids is 6. The number of amides is 6. The third-order valence-corrected chi connectivity index (χ3v) is 11.8. The molecule has 0 aromatic rings. The van der Waals surface area contributed by atoms with E-state index in [-0.39, 0.29) is 138 Å². The maximum absolute atomic E-state index is 14.2. The molecule has 7 atom stereocenters. The van der Waals surface area contributed by atoms with Crippen LogP contribution < -0.4 is 99.0 Å². The fourth-order valence-electron chi connectivity index (χ4n) is 5.76. The van der Waals surface area contributed by atoms with Gasteiger partial charge in [0.2, 0.25) is 35.4 Å². The molecule has 0 aliphatic carbocycles. The number of nitrogens with one attached hydrogen (secondary N) is 15. The van der Waals surface area contributed by atoms with Crippen molar-refractivity contribution in [2.75, 3.05) is 44.2 Å². The van der Waals surface area contributed by atoms with Crippen LogP contribution in [0.3, 0.4) is 0 Å². The predicted octanol–water partition coefficient (Wildman–Crippen LogP) is -7.67. The summed E-state index contributed by atoms with van der Waals surface area (Å²) < 4.78 is 0. The fourth-order valence-corrected chi connectivity index (χ4v) is 8.00. The number of carboxylic acid groups (broad SMARTS) is 1. The topological polar surface area (TPSA) is 587 Å². The van der Waals surface area contributed by atoms with Gasteiger partial charge in [0.1, 0.15) is 36.3 Å². The third kappa shape index (κ3) is 31.0. The number of rotatable bonds is 37. The number of carboxylic acids is 1. The second-order valence-corrected chi connectivity index (χ2v) is 17.8. The van der Waals surface area contributed by atoms with E-state index in [2.05, 4.69) is 53.2 Å². The summed E-state index contributed by atoms with van der Waals surface area (Å²) in [6.45, 7) is 0.602. The molecular formula is C36H73N23O8S2. The van der Waals surface area contributed by atoms with Gasteiger partial charge in [0.15, 0.2) is 29.8 Å². The van der Waals surface area contributed by atoms with Gasteiger partial charge in [-0.2, -0.15) is 0 Å². The lowest BCUT2D eigenvalue weighted by atomic mass is 10.0. The number of hydrogen-bond acceptors (Lipinski definition) is 16. The Kier molecular flexibility index (Phi) is 32.0. The smallest absolute Gasteiger partial charge is 0.321 e. The maximum Gasteiger partial charge on any atom is 0.321 e. The van der Waals surface area contributed by atoms with E-state index < -0.39 is 83.7 Å². The third-order valence-electron chi connectivity index (χ3n) is 9.35. The van der Waals surface area contributed by atoms with Gasteiger partial charge in [0.05, 0.1) is 6.04 Å². The number of guanidine groups is 5. The highest BCUT2D eigenvalue weighted by atomic mass is 33.1. The van der Waals surface area contributed by atoms with Gasteiger partial charge >= 0.3 is 5.97 Å². The molecular weight excluding hydrogens is 947 g/mol. The average molecular weight is 1020 g/mol. The van der Waals surface area contributed by atoms with Gasteiger partial charge in [-0.15, -0.1) is 0 Å². The summed E-state index contributed by atoms with van der Waals surface area (Å²) in [6, 6.07) is -8.94. The summed E-state index contributed by atoms with van der Waals surface area (Å²) in [7, 11) is 2.18. The fraction of sp³-hybridized carbons (Fsp3) is 0.667. The van der Waals surface area contributed by atoms with Crippen LogP contribution in [0, 0.1) is 27.0 Å². The van der Waals surface area contributed by atoms with Crippen LogP contribution in [-0.2, 0) is 33.6 Å². The Morgan fingerprint density at radius 1 is 0.391 bits per heavy atom. The van der Waals surface area contributed by atoms with Gasteiger partial charge in [0.25, 0.3) is 0 Å². The molecule has 32 N–H and O–H groups in total. The molecule has 0 rings (SSSR count). The molecule has 0 saturated heterocycles. The van der Waals surface area contributed by atoms with Gasteiger partial charge in [-0.25, -0.2) is 0 Å². The summed E-state index contributed by atoms with van der Waals surface area (Å²) in [6.07, 6.45) is 0.670. The molecule has 0 aliphatic rings. The average Bonchev–Trinajstić information content (AvgIpc) is 3.26. The zero-order valence-electron chi connectivity index (χ0n) is 38.3. The summed E-state index contributed by atoms with van der Waals surface area (Å²) in [5.74, 6) is -7.91. The zero-order chi connectivity index (χ0) is 52.5. The minimum absolute atomic E-state index is 0.00607. The minimum atomic E-state index is -1.40. The molecule has 0 saturated carbocycles. The maximum atomic E-state index is 14.2. The van der Waals surface area contributed by atoms with Gasteiger partial charge in [0, 0.05) is 44.2 Å². The van der Waals surface area contributed by atoms with Crippen LogP contribution in [-0.4, -0.2) is 163 Å². The molecule has 0 radical (unpaired) electrons. The molecule has 0 bridgehead atoms. The first-order valence-electron chi connectivity index (χ1n) is 21.6. The van der Waals surface area contributed by atoms with E-state index in [4.69, 9.17) is 78.0 Å². The van der Waals surface area contributed by atoms with Crippen LogP contribution in [0.4, 0.5) is 0 Å². The molecule has 0 aromatic carbocycles. The molecule has 31 nitrogen and oxygen atoms in total. The lowest BCUT2D eigenvalue weighted by Crippen LogP contribution is -2.59. The van der Waals surface area contributed by atoms with E-state index in [1.807, 2.05) is 0 Å². The Morgan fingerprint density at radius 2 is 0.623 bits per heavy atom. The molecule has 0 heterocycles. The first-order valence-corrected chi connectivity index (χ1v) is 24.1. The summed E-state index contributed by atoms with van der Waals surface area (Å²) in [4.78, 5) is 92.6. The van der Waals surface area contributed by atoms with E-state index >= 15 is 0 Å². The van der Waals surface area contributed by atoms with Crippen molar-refractivity contribution >= 4 is 92.8 Å². The Labute approximate surface area is 407 Å². The predicted molar refractivity (Wildman–Crippen MR) is 263 cm³/mol. The van der Waals surface area contributed by atoms with Gasteiger partial charge in [-0.3, -0.25) is 60.6 Å². The van der Waals surface area contributed by atoms with E-state index in [1.54, 1.807) is 0 Å². The van der Waals surface area contributed by atoms with Crippen molar-refractivity contribution in [3.8, 4) is 0 Å². The van der Waals surface area contributed by atoms with Crippen LogP contribution in [0.15, 0.2) is 0 Å². The van der Waals surface area contributed by atoms with Crippen LogP contribution in [0.1, 0.15) is 64.2 Å². The molecule has 6 amide bonds. The quantitative estimate of drug-likeness (QED) is 0.0119. The standard InChI is InChI=1S/C36H73N23O8S2/c37-18(16-68-69-17-19(38)31(66)67)26(61)56-21(7-2-12-51-33(42)43)28(63)58-23(9-4-14-53-35(46)47)30(65)59-24(10-5-15-54-36(48)49)29(64)57-22(8-3-13-52-34(44)45)27(62)55-20(25(39)60)6-1-11-50-32(40)41/h18-24H,1-17,37-38H2,(H2,39,60)(H,55,62)(H,56,61)(H,57,64)(H,58,63)(H,59,65)(H,66,67)(H4,40,41,50)(H4,42,43,51)(H4,44,45,52)(H4,46,47,53)(H4,48,49,54)/t18?,19?,20-,21-,22?,23?,24-/m0/s1. The molecule has 0 spiro atoms. The highest BCUT2D eigenvalue weighted by Crippen LogP contribution is 2.22. The van der Waals surface area contributed by atoms with E-state index in [0.717, 1.165) is 21.6 Å². The van der Waals surface area contributed by atoms with Crippen molar-refractivity contribution in [3.05, 3.63) is 0 Å². The Bertz CT molecular complexity index is 1750. The lowest BCUT2D eigenvalue weighted by Gasteiger charge is -2.27. The summed E-state index contributed by atoms with van der Waals surface area (Å²) >= 11 is 0. The summed E-state index contributed by atoms with van der Waals surface area (Å²) in [5.41, 5.74) is 44.1. The highest BCUT2D eigenvalue weighted by molar-refractivity contribution is 8.76. The van der Waals surface area contributed by atoms with E-state index in [1.165, 1.54) is 0 Å². The minimum Gasteiger partial charge on any atom is -0.480 e. The number of carbonyl (C=O) groups is 7. The Balaban J connectivity index is 6.68. The number of nitrogens with two attached hydrogens (primary N) is 8. The van der Waals surface area contributed by atoms with Crippen molar-refractivity contribution in [1.29, 1.82) is 27.0 Å². The van der Waals surface area contributed by atoms with Crippen molar-refractivity contribution in [2.24, 2.45) is 45.9 Å². The second-order valence-electron chi connectivity index (χ2n) is 15.2. The molecule has 69 heavy (non-hydrogen) atoms. The first-order chi connectivity index (χ1) is 32.4. The lowest BCUT2D eigenvalue weighted by molar-refractivity contribution is -0.138. The van der Waals surface area contributed by atoms with E-state index in [9.17, 15) is 33.6 Å². The molecule has 0 aromatic heterocycles. The van der Waals surface area contributed by atoms with Crippen LogP contribution >= 0.6 is 21.6 Å². The number of aliphatic carboxylic acids is 1. The first kappa shape index (κ1) is 62.3. The number of primary amides is 1. The van der Waals surface area contributed by atoms with Gasteiger partial charge in [-0.05, 0) is 64.2 Å². The van der Waals surface area contributed by atoms with Gasteiger partial charge in [-0.1, -0.05) is 21.6 Å². The Morgan fingerprint density at radius 3 is 0.870 bits per heavy atom. The number of hydrogen-bond donors (Lipinski definition) is 24. The normalized spacial score (nSPS) is 13.7. The largest absolute Gasteiger partial charge is 0.480 e. The molecule has 392 valence electrons. The van der Waals surface area contributed by atoms with Crippen molar-refractivity contribution in [1.82, 2.24) is 53.2 Å². The second kappa shape index (κ2) is 35.4. The van der Waals surface area contributed by atoms with E-state index in [0.29, 0.717) is 0 Å². The molecule has 0 fully saturated rings. The van der Waals surface area contributed by atoms with Crippen molar-refractivity contribution in [2.45, 2.75) is 107 Å². The zero-order valence-corrected chi connectivity index (χ0v) is 39.9. The summed E-state index contributed by atoms with van der Waals surface area (Å²) in [5, 5.41) is 72.1. The van der Waals surface area contributed by atoms with Gasteiger partial charge < -0.3 is 104 Å². The van der Waals surface area contributed by atoms with Crippen LogP contribution in [0.5, 0.6) is 0 Å². The molecule has 0 aliphatic heterocycles. The Hall–Kier alpha value is -6.74. The van der Waals surface area contributed by atoms with Crippen LogP contribution in [0.2, 0.25) is 0 Å². The van der Waals surface area contributed by atoms with Crippen LogP contribution in [0.25, 0.3) is 0 Å². The molecule has 4 unspecified atom stereocenters. The highest BCUT2D eigenvalue weighted by Gasteiger charge is 2.33. The monoisotopic (exact) mass is 1020 g/mol.